The fourth-order valence-corrected chi connectivity index (χ4v) is 0.976. The highest BCUT2D eigenvalue weighted by Crippen LogP contribution is 1.98. The van der Waals surface area contributed by atoms with Crippen molar-refractivity contribution in [3.63, 3.8) is 0 Å². The maximum atomic E-state index is 10.1. The van der Waals surface area contributed by atoms with Crippen molar-refractivity contribution in [1.29, 1.82) is 0 Å². The number of rotatable bonds is 8. The second-order valence-electron chi connectivity index (χ2n) is 2.99. The van der Waals surface area contributed by atoms with Crippen LogP contribution in [0.1, 0.15) is 32.6 Å². The largest absolute Gasteiger partial charge is 0.480 e. The minimum Gasteiger partial charge on any atom is -0.480 e. The second kappa shape index (κ2) is 9.26. The van der Waals surface area contributed by atoms with Gasteiger partial charge in [0.1, 0.15) is 0 Å². The highest BCUT2D eigenvalue weighted by Gasteiger charge is 1.90. The van der Waals surface area contributed by atoms with Crippen molar-refractivity contribution in [3.8, 4) is 0 Å². The van der Waals surface area contributed by atoms with E-state index in [2.05, 4.69) is 18.3 Å². The first kappa shape index (κ1) is 12.2. The molecule has 0 heterocycles. The molecule has 0 aromatic rings. The highest BCUT2D eigenvalue weighted by molar-refractivity contribution is 5.68. The van der Waals surface area contributed by atoms with E-state index in [1.807, 2.05) is 6.08 Å². The summed E-state index contributed by atoms with van der Waals surface area (Å²) in [6.45, 7) is 2.87. The quantitative estimate of drug-likeness (QED) is 0.448. The molecule has 2 N–H and O–H groups in total. The van der Waals surface area contributed by atoms with Gasteiger partial charge in [-0.15, -0.1) is 0 Å². The normalized spacial score (nSPS) is 10.8. The molecule has 0 aliphatic rings. The maximum Gasteiger partial charge on any atom is 0.317 e. The van der Waals surface area contributed by atoms with Gasteiger partial charge in [0, 0.05) is 6.54 Å². The first-order valence-electron chi connectivity index (χ1n) is 4.85. The molecule has 0 fully saturated rings. The third-order valence-corrected chi connectivity index (χ3v) is 1.68. The Kier molecular flexibility index (Phi) is 8.67. The van der Waals surface area contributed by atoms with E-state index in [9.17, 15) is 4.79 Å². The highest BCUT2D eigenvalue weighted by atomic mass is 16.4. The molecule has 0 aromatic heterocycles. The van der Waals surface area contributed by atoms with Crippen molar-refractivity contribution < 1.29 is 9.90 Å². The molecule has 0 rings (SSSR count). The smallest absolute Gasteiger partial charge is 0.317 e. The van der Waals surface area contributed by atoms with Crippen LogP contribution in [0.15, 0.2) is 12.2 Å². The van der Waals surface area contributed by atoms with E-state index in [-0.39, 0.29) is 6.54 Å². The van der Waals surface area contributed by atoms with Gasteiger partial charge in [0.15, 0.2) is 0 Å². The molecule has 0 radical (unpaired) electrons. The van der Waals surface area contributed by atoms with Gasteiger partial charge in [-0.3, -0.25) is 4.79 Å². The lowest BCUT2D eigenvalue weighted by Crippen LogP contribution is -2.22. The zero-order chi connectivity index (χ0) is 9.94. The van der Waals surface area contributed by atoms with Crippen LogP contribution in [0.3, 0.4) is 0 Å². The average Bonchev–Trinajstić information content (AvgIpc) is 2.09. The zero-order valence-electron chi connectivity index (χ0n) is 8.25. The van der Waals surface area contributed by atoms with Gasteiger partial charge in [-0.05, 0) is 12.8 Å². The summed E-state index contributed by atoms with van der Waals surface area (Å²) < 4.78 is 0. The number of aliphatic carboxylic acids is 1. The minimum atomic E-state index is -0.806. The van der Waals surface area contributed by atoms with Gasteiger partial charge in [-0.2, -0.15) is 0 Å². The van der Waals surface area contributed by atoms with Crippen LogP contribution < -0.4 is 5.32 Å². The number of nitrogens with one attached hydrogen (secondary N) is 1. The van der Waals surface area contributed by atoms with Gasteiger partial charge in [-0.1, -0.05) is 31.9 Å². The van der Waals surface area contributed by atoms with Crippen molar-refractivity contribution in [2.75, 3.05) is 13.1 Å². The van der Waals surface area contributed by atoms with Crippen LogP contribution in [-0.4, -0.2) is 24.2 Å². The van der Waals surface area contributed by atoms with Gasteiger partial charge in [-0.25, -0.2) is 0 Å². The third-order valence-electron chi connectivity index (χ3n) is 1.68. The zero-order valence-corrected chi connectivity index (χ0v) is 8.25. The lowest BCUT2D eigenvalue weighted by Gasteiger charge is -1.95. The Balaban J connectivity index is 3.08. The summed E-state index contributed by atoms with van der Waals surface area (Å²) in [5, 5.41) is 11.1. The molecule has 0 amide bonds. The molecular weight excluding hydrogens is 166 g/mol. The Morgan fingerprint density at radius 2 is 2.15 bits per heavy atom. The number of hydrogen-bond donors (Lipinski definition) is 2. The predicted octanol–water partition coefficient (Wildman–Crippen LogP) is 1.80. The van der Waals surface area contributed by atoms with Crippen LogP contribution in [0.25, 0.3) is 0 Å². The van der Waals surface area contributed by atoms with Crippen LogP contribution in [0.5, 0.6) is 0 Å². The minimum absolute atomic E-state index is 0.0410. The maximum absolute atomic E-state index is 10.1. The first-order valence-corrected chi connectivity index (χ1v) is 4.85. The molecule has 0 atom stereocenters. The molecule has 0 saturated heterocycles. The van der Waals surface area contributed by atoms with Crippen LogP contribution in [0.2, 0.25) is 0 Å². The van der Waals surface area contributed by atoms with Crippen molar-refractivity contribution in [2.24, 2.45) is 0 Å². The fraction of sp³-hybridized carbons (Fsp3) is 0.700. The molecular formula is C10H19NO2. The summed E-state index contributed by atoms with van der Waals surface area (Å²) in [5.41, 5.74) is 0. The summed E-state index contributed by atoms with van der Waals surface area (Å²) >= 11 is 0. The Morgan fingerprint density at radius 3 is 2.77 bits per heavy atom. The van der Waals surface area contributed by atoms with Gasteiger partial charge in [0.2, 0.25) is 0 Å². The van der Waals surface area contributed by atoms with E-state index in [0.29, 0.717) is 6.54 Å². The van der Waals surface area contributed by atoms with E-state index in [1.54, 1.807) is 0 Å². The van der Waals surface area contributed by atoms with Crippen molar-refractivity contribution >= 4 is 5.97 Å². The van der Waals surface area contributed by atoms with Crippen LogP contribution in [0.4, 0.5) is 0 Å². The Morgan fingerprint density at radius 1 is 1.38 bits per heavy atom. The first-order chi connectivity index (χ1) is 6.27. The Bertz CT molecular complexity index is 155. The average molecular weight is 185 g/mol. The van der Waals surface area contributed by atoms with Gasteiger partial charge in [0.05, 0.1) is 6.54 Å². The van der Waals surface area contributed by atoms with Crippen LogP contribution >= 0.6 is 0 Å². The summed E-state index contributed by atoms with van der Waals surface area (Å²) in [5.74, 6) is -0.806. The number of unbranched alkanes of at least 4 members (excludes halogenated alkanes) is 3. The Labute approximate surface area is 79.8 Å². The van der Waals surface area contributed by atoms with Crippen LogP contribution in [0, 0.1) is 0 Å². The number of carboxylic acids is 1. The van der Waals surface area contributed by atoms with Crippen molar-refractivity contribution in [2.45, 2.75) is 32.6 Å². The molecule has 0 aromatic carbocycles. The number of carbonyl (C=O) groups is 1. The van der Waals surface area contributed by atoms with Gasteiger partial charge in [0.25, 0.3) is 0 Å². The van der Waals surface area contributed by atoms with E-state index in [1.165, 1.54) is 19.3 Å². The SMILES string of the molecule is CCCCCC=CCNCC(=O)O. The molecule has 0 bridgehead atoms. The third kappa shape index (κ3) is 11.2. The topological polar surface area (TPSA) is 49.3 Å². The standard InChI is InChI=1S/C10H19NO2/c1-2-3-4-5-6-7-8-11-9-10(12)13/h6-7,11H,2-5,8-9H2,1H3,(H,12,13). The predicted molar refractivity (Wildman–Crippen MR) is 53.8 cm³/mol. The molecule has 76 valence electrons. The summed E-state index contributed by atoms with van der Waals surface area (Å²) in [7, 11) is 0. The summed E-state index contributed by atoms with van der Waals surface area (Å²) in [4.78, 5) is 10.1. The lowest BCUT2D eigenvalue weighted by molar-refractivity contribution is -0.135. The molecule has 0 aliphatic carbocycles. The van der Waals surface area contributed by atoms with Gasteiger partial charge >= 0.3 is 5.97 Å². The van der Waals surface area contributed by atoms with E-state index >= 15 is 0 Å². The second-order valence-corrected chi connectivity index (χ2v) is 2.99. The number of carboxylic acid groups (broad SMARTS) is 1. The lowest BCUT2D eigenvalue weighted by atomic mass is 10.2. The molecule has 3 heteroatoms. The molecule has 0 unspecified atom stereocenters. The van der Waals surface area contributed by atoms with Crippen LogP contribution in [-0.2, 0) is 4.79 Å². The molecule has 0 spiro atoms. The van der Waals surface area contributed by atoms with Crippen molar-refractivity contribution in [3.05, 3.63) is 12.2 Å². The fourth-order valence-electron chi connectivity index (χ4n) is 0.976. The molecule has 0 saturated carbocycles. The molecule has 13 heavy (non-hydrogen) atoms. The monoisotopic (exact) mass is 185 g/mol. The summed E-state index contributed by atoms with van der Waals surface area (Å²) in [6, 6.07) is 0. The molecule has 3 nitrogen and oxygen atoms in total. The van der Waals surface area contributed by atoms with E-state index in [0.717, 1.165) is 6.42 Å². The van der Waals surface area contributed by atoms with Gasteiger partial charge < -0.3 is 10.4 Å². The number of hydrogen-bond acceptors (Lipinski definition) is 2. The van der Waals surface area contributed by atoms with E-state index in [4.69, 9.17) is 5.11 Å². The van der Waals surface area contributed by atoms with E-state index < -0.39 is 5.97 Å². The Hall–Kier alpha value is -0.830. The summed E-state index contributed by atoms with van der Waals surface area (Å²) in [6.07, 6.45) is 8.93. The molecule has 0 aliphatic heterocycles. The van der Waals surface area contributed by atoms with Crippen molar-refractivity contribution in [1.82, 2.24) is 5.32 Å². The number of allylic oxidation sites excluding steroid dienone is 1.